The minimum absolute atomic E-state index is 0.260. The van der Waals surface area contributed by atoms with Gasteiger partial charge in [-0.3, -0.25) is 15.0 Å². The fraction of sp³-hybridized carbons (Fsp3) is 0.412. The number of nitrogens with one attached hydrogen (secondary N) is 1. The Morgan fingerprint density at radius 1 is 1.38 bits per heavy atom. The van der Waals surface area contributed by atoms with Gasteiger partial charge in [-0.2, -0.15) is 4.39 Å². The highest BCUT2D eigenvalue weighted by Crippen LogP contribution is 2.28. The van der Waals surface area contributed by atoms with Crippen LogP contribution in [-0.4, -0.2) is 29.5 Å². The van der Waals surface area contributed by atoms with Gasteiger partial charge in [-0.05, 0) is 48.9 Å². The van der Waals surface area contributed by atoms with Crippen LogP contribution in [-0.2, 0) is 6.54 Å². The second kappa shape index (κ2) is 7.72. The molecule has 2 heterocycles. The predicted molar refractivity (Wildman–Crippen MR) is 93.9 cm³/mol. The van der Waals surface area contributed by atoms with Gasteiger partial charge in [0.25, 0.3) is 0 Å². The third kappa shape index (κ3) is 4.10. The van der Waals surface area contributed by atoms with Gasteiger partial charge >= 0.3 is 5.69 Å². The number of halogens is 1. The maximum Gasteiger partial charge on any atom is 0.327 e. The van der Waals surface area contributed by atoms with Crippen molar-refractivity contribution >= 4 is 22.7 Å². The van der Waals surface area contributed by atoms with Gasteiger partial charge in [-0.1, -0.05) is 12.1 Å². The van der Waals surface area contributed by atoms with Crippen molar-refractivity contribution in [1.82, 2.24) is 4.90 Å². The summed E-state index contributed by atoms with van der Waals surface area (Å²) in [6.07, 6.45) is 2.19. The molecule has 5 nitrogen and oxygen atoms in total. The molecular weight excluding hydrogens is 329 g/mol. The highest BCUT2D eigenvalue weighted by atomic mass is 32.1. The number of para-hydroxylation sites is 1. The quantitative estimate of drug-likeness (QED) is 0.629. The first-order valence-corrected chi connectivity index (χ1v) is 8.93. The number of benzene rings is 1. The molecule has 7 heteroatoms. The molecule has 1 saturated heterocycles. The zero-order valence-electron chi connectivity index (χ0n) is 13.3. The number of anilines is 1. The summed E-state index contributed by atoms with van der Waals surface area (Å²) in [6.45, 7) is 3.60. The number of nitro benzene ring substituents is 1. The second-order valence-electron chi connectivity index (χ2n) is 6.10. The van der Waals surface area contributed by atoms with E-state index in [1.807, 2.05) is 0 Å². The highest BCUT2D eigenvalue weighted by Gasteiger charge is 2.23. The van der Waals surface area contributed by atoms with Gasteiger partial charge in [-0.25, -0.2) is 0 Å². The second-order valence-corrected chi connectivity index (χ2v) is 7.13. The number of thiophene rings is 1. The number of nitro groups is 1. The maximum atomic E-state index is 13.7. The van der Waals surface area contributed by atoms with Crippen LogP contribution in [0.2, 0.25) is 0 Å². The van der Waals surface area contributed by atoms with Crippen molar-refractivity contribution in [3.05, 3.63) is 56.5 Å². The molecule has 1 atom stereocenters. The van der Waals surface area contributed by atoms with E-state index in [4.69, 9.17) is 0 Å². The lowest BCUT2D eigenvalue weighted by atomic mass is 9.97. The molecule has 0 saturated carbocycles. The summed E-state index contributed by atoms with van der Waals surface area (Å²) in [5.41, 5.74) is -0.209. The van der Waals surface area contributed by atoms with Crippen LogP contribution in [0.25, 0.3) is 0 Å². The van der Waals surface area contributed by atoms with Crippen LogP contribution in [0.15, 0.2) is 35.7 Å². The molecule has 0 unspecified atom stereocenters. The van der Waals surface area contributed by atoms with Crippen LogP contribution in [0.3, 0.4) is 0 Å². The molecule has 0 spiro atoms. The van der Waals surface area contributed by atoms with E-state index in [0.717, 1.165) is 38.5 Å². The van der Waals surface area contributed by atoms with Gasteiger partial charge in [0.05, 0.1) is 4.92 Å². The summed E-state index contributed by atoms with van der Waals surface area (Å²) in [6, 6.07) is 8.38. The van der Waals surface area contributed by atoms with Gasteiger partial charge in [0.15, 0.2) is 0 Å². The smallest absolute Gasteiger partial charge is 0.327 e. The molecule has 1 aromatic carbocycles. The molecule has 1 aliphatic rings. The summed E-state index contributed by atoms with van der Waals surface area (Å²) in [7, 11) is 0. The van der Waals surface area contributed by atoms with E-state index in [0.29, 0.717) is 12.5 Å². The molecule has 0 bridgehead atoms. The first-order valence-electron chi connectivity index (χ1n) is 8.05. The van der Waals surface area contributed by atoms with Crippen molar-refractivity contribution in [3.63, 3.8) is 0 Å². The van der Waals surface area contributed by atoms with Crippen LogP contribution in [0.1, 0.15) is 17.7 Å². The van der Waals surface area contributed by atoms with Crippen molar-refractivity contribution < 1.29 is 9.31 Å². The van der Waals surface area contributed by atoms with Gasteiger partial charge in [0, 0.05) is 24.5 Å². The van der Waals surface area contributed by atoms with Crippen molar-refractivity contribution in [2.24, 2.45) is 5.92 Å². The molecule has 24 heavy (non-hydrogen) atoms. The standard InChI is InChI=1S/C17H20FN3O2S/c18-15-6-1-7-16(17(15)21(22)23)19-10-13-4-2-8-20(11-13)12-14-5-3-9-24-14/h1,3,5-7,9,13,19H,2,4,8,10-12H2/t13-/m0/s1. The van der Waals surface area contributed by atoms with E-state index in [9.17, 15) is 14.5 Å². The van der Waals surface area contributed by atoms with Gasteiger partial charge in [-0.15, -0.1) is 11.3 Å². The maximum absolute atomic E-state index is 13.7. The number of piperidine rings is 1. The highest BCUT2D eigenvalue weighted by molar-refractivity contribution is 7.09. The Morgan fingerprint density at radius 2 is 2.25 bits per heavy atom. The summed E-state index contributed by atoms with van der Waals surface area (Å²) < 4.78 is 13.7. The average Bonchev–Trinajstić information content (AvgIpc) is 3.06. The van der Waals surface area contributed by atoms with E-state index >= 15 is 0 Å². The number of rotatable bonds is 6. The normalized spacial score (nSPS) is 18.5. The summed E-state index contributed by atoms with van der Waals surface area (Å²) in [5, 5.41) is 16.2. The molecule has 2 aromatic rings. The average molecular weight is 349 g/mol. The molecule has 1 N–H and O–H groups in total. The van der Waals surface area contributed by atoms with Crippen molar-refractivity contribution in [2.75, 3.05) is 25.0 Å². The van der Waals surface area contributed by atoms with Gasteiger partial charge in [0.2, 0.25) is 5.82 Å². The fourth-order valence-electron chi connectivity index (χ4n) is 3.18. The predicted octanol–water partition coefficient (Wildman–Crippen LogP) is 4.12. The Kier molecular flexibility index (Phi) is 5.42. The minimum Gasteiger partial charge on any atom is -0.379 e. The number of likely N-dealkylation sites (tertiary alicyclic amines) is 1. The van der Waals surface area contributed by atoms with Crippen LogP contribution in [0, 0.1) is 21.8 Å². The largest absolute Gasteiger partial charge is 0.379 e. The molecule has 0 aliphatic carbocycles. The van der Waals surface area contributed by atoms with Crippen molar-refractivity contribution in [2.45, 2.75) is 19.4 Å². The molecule has 1 aromatic heterocycles. The Bertz CT molecular complexity index is 693. The molecule has 0 radical (unpaired) electrons. The Labute approximate surface area is 144 Å². The third-order valence-corrected chi connectivity index (χ3v) is 5.17. The molecular formula is C17H20FN3O2S. The monoisotopic (exact) mass is 349 g/mol. The minimum atomic E-state index is -0.798. The molecule has 0 amide bonds. The molecule has 128 valence electrons. The topological polar surface area (TPSA) is 58.4 Å². The zero-order valence-corrected chi connectivity index (χ0v) is 14.1. The molecule has 1 fully saturated rings. The van der Waals surface area contributed by atoms with Gasteiger partial charge < -0.3 is 5.32 Å². The lowest BCUT2D eigenvalue weighted by Gasteiger charge is -2.32. The Morgan fingerprint density at radius 3 is 3.00 bits per heavy atom. The third-order valence-electron chi connectivity index (χ3n) is 4.31. The van der Waals surface area contributed by atoms with E-state index in [1.165, 1.54) is 10.9 Å². The fourth-order valence-corrected chi connectivity index (χ4v) is 3.93. The van der Waals surface area contributed by atoms with Crippen molar-refractivity contribution in [3.8, 4) is 0 Å². The van der Waals surface area contributed by atoms with Gasteiger partial charge in [0.1, 0.15) is 5.69 Å². The Hall–Kier alpha value is -1.99. The van der Waals surface area contributed by atoms with E-state index < -0.39 is 16.4 Å². The Balaban J connectivity index is 1.58. The number of nitrogens with zero attached hydrogens (tertiary/aromatic N) is 2. The summed E-state index contributed by atoms with van der Waals surface area (Å²) in [4.78, 5) is 14.1. The number of hydrogen-bond donors (Lipinski definition) is 1. The number of hydrogen-bond acceptors (Lipinski definition) is 5. The molecule has 3 rings (SSSR count). The van der Waals surface area contributed by atoms with Crippen molar-refractivity contribution in [1.29, 1.82) is 0 Å². The van der Waals surface area contributed by atoms with E-state index in [-0.39, 0.29) is 5.69 Å². The van der Waals surface area contributed by atoms with Crippen LogP contribution < -0.4 is 5.32 Å². The lowest BCUT2D eigenvalue weighted by molar-refractivity contribution is -0.386. The SMILES string of the molecule is O=[N+]([O-])c1c(F)cccc1NC[C@@H]1CCCN(Cc2cccs2)C1. The van der Waals surface area contributed by atoms with Crippen LogP contribution in [0.5, 0.6) is 0 Å². The summed E-state index contributed by atoms with van der Waals surface area (Å²) >= 11 is 1.76. The lowest BCUT2D eigenvalue weighted by Crippen LogP contribution is -2.37. The first kappa shape index (κ1) is 16.9. The molecule has 1 aliphatic heterocycles. The first-order chi connectivity index (χ1) is 11.6. The van der Waals surface area contributed by atoms with E-state index in [1.54, 1.807) is 17.4 Å². The van der Waals surface area contributed by atoms with E-state index in [2.05, 4.69) is 27.7 Å². The zero-order chi connectivity index (χ0) is 16.9. The van der Waals surface area contributed by atoms with Crippen LogP contribution in [0.4, 0.5) is 15.8 Å². The van der Waals surface area contributed by atoms with Crippen LogP contribution >= 0.6 is 11.3 Å². The summed E-state index contributed by atoms with van der Waals surface area (Å²) in [5.74, 6) is -0.394.